The molecule has 0 aliphatic carbocycles. The first-order valence-corrected chi connectivity index (χ1v) is 10.9. The molecular formula is C25H29N3O3. The van der Waals surface area contributed by atoms with Crippen LogP contribution in [0.3, 0.4) is 0 Å². The van der Waals surface area contributed by atoms with Crippen LogP contribution in [0, 0.1) is 0 Å². The molecule has 0 spiro atoms. The standard InChI is InChI=1S/C25H29N3O3/c1-2-31-25(30)28-14-12-27(13-15-28)24(29)17-20(16-19-8-4-3-5-9-19)22-18-26-23-11-7-6-10-21(22)23/h3-11,18,20,26H,2,12-17H2,1H3. The number of hydrogen-bond acceptors (Lipinski definition) is 3. The second-order valence-electron chi connectivity index (χ2n) is 7.95. The number of ether oxygens (including phenoxy) is 1. The summed E-state index contributed by atoms with van der Waals surface area (Å²) >= 11 is 0. The van der Waals surface area contributed by atoms with Crippen molar-refractivity contribution in [2.24, 2.45) is 0 Å². The Labute approximate surface area is 182 Å². The zero-order valence-electron chi connectivity index (χ0n) is 17.9. The fraction of sp³-hybridized carbons (Fsp3) is 0.360. The molecule has 3 aromatic rings. The monoisotopic (exact) mass is 419 g/mol. The summed E-state index contributed by atoms with van der Waals surface area (Å²) < 4.78 is 5.08. The third-order valence-corrected chi connectivity index (χ3v) is 5.97. The van der Waals surface area contributed by atoms with Crippen LogP contribution in [0.4, 0.5) is 4.79 Å². The molecule has 162 valence electrons. The van der Waals surface area contributed by atoms with Gasteiger partial charge in [-0.25, -0.2) is 4.79 Å². The molecule has 0 radical (unpaired) electrons. The number of amides is 2. The maximum Gasteiger partial charge on any atom is 0.409 e. The van der Waals surface area contributed by atoms with Crippen LogP contribution in [0.15, 0.2) is 60.8 Å². The van der Waals surface area contributed by atoms with Gasteiger partial charge in [-0.1, -0.05) is 48.5 Å². The molecule has 1 aromatic heterocycles. The number of rotatable bonds is 6. The number of aromatic amines is 1. The van der Waals surface area contributed by atoms with E-state index in [1.165, 1.54) is 16.5 Å². The first-order valence-electron chi connectivity index (χ1n) is 10.9. The van der Waals surface area contributed by atoms with Crippen LogP contribution in [0.25, 0.3) is 10.9 Å². The maximum atomic E-state index is 13.2. The highest BCUT2D eigenvalue weighted by Gasteiger charge is 2.27. The van der Waals surface area contributed by atoms with Crippen LogP contribution in [0.1, 0.15) is 30.4 Å². The lowest BCUT2D eigenvalue weighted by molar-refractivity contribution is -0.133. The predicted molar refractivity (Wildman–Crippen MR) is 121 cm³/mol. The van der Waals surface area contributed by atoms with Gasteiger partial charge in [0.15, 0.2) is 0 Å². The molecule has 1 aliphatic rings. The zero-order chi connectivity index (χ0) is 21.6. The Balaban J connectivity index is 1.49. The summed E-state index contributed by atoms with van der Waals surface area (Å²) in [5.41, 5.74) is 3.49. The van der Waals surface area contributed by atoms with Gasteiger partial charge in [-0.3, -0.25) is 4.79 Å². The molecule has 0 bridgehead atoms. The lowest BCUT2D eigenvalue weighted by Crippen LogP contribution is -2.51. The van der Waals surface area contributed by atoms with E-state index in [1.807, 2.05) is 41.4 Å². The van der Waals surface area contributed by atoms with Gasteiger partial charge in [0.05, 0.1) is 6.61 Å². The molecule has 2 aromatic carbocycles. The topological polar surface area (TPSA) is 65.6 Å². The van der Waals surface area contributed by atoms with Crippen LogP contribution in [-0.2, 0) is 16.0 Å². The van der Waals surface area contributed by atoms with Crippen molar-refractivity contribution < 1.29 is 14.3 Å². The van der Waals surface area contributed by atoms with Gasteiger partial charge in [-0.15, -0.1) is 0 Å². The van der Waals surface area contributed by atoms with Crippen molar-refractivity contribution in [2.75, 3.05) is 32.8 Å². The number of hydrogen-bond donors (Lipinski definition) is 1. The fourth-order valence-electron chi connectivity index (χ4n) is 4.32. The van der Waals surface area contributed by atoms with E-state index >= 15 is 0 Å². The molecule has 1 saturated heterocycles. The normalized spacial score (nSPS) is 15.1. The van der Waals surface area contributed by atoms with Crippen LogP contribution < -0.4 is 0 Å². The Morgan fingerprint density at radius 1 is 0.968 bits per heavy atom. The van der Waals surface area contributed by atoms with Crippen molar-refractivity contribution >= 4 is 22.9 Å². The van der Waals surface area contributed by atoms with Gasteiger partial charge in [0.25, 0.3) is 0 Å². The van der Waals surface area contributed by atoms with E-state index in [4.69, 9.17) is 4.74 Å². The van der Waals surface area contributed by atoms with E-state index in [9.17, 15) is 9.59 Å². The van der Waals surface area contributed by atoms with E-state index in [2.05, 4.69) is 29.2 Å². The van der Waals surface area contributed by atoms with Crippen molar-refractivity contribution in [1.29, 1.82) is 0 Å². The molecular weight excluding hydrogens is 390 g/mol. The Morgan fingerprint density at radius 2 is 1.65 bits per heavy atom. The highest BCUT2D eigenvalue weighted by molar-refractivity contribution is 5.85. The number of piperazine rings is 1. The number of benzene rings is 2. The van der Waals surface area contributed by atoms with Gasteiger partial charge in [0, 0.05) is 49.7 Å². The molecule has 31 heavy (non-hydrogen) atoms. The molecule has 1 fully saturated rings. The third kappa shape index (κ3) is 4.90. The molecule has 1 aliphatic heterocycles. The average Bonchev–Trinajstić information content (AvgIpc) is 3.24. The van der Waals surface area contributed by atoms with Gasteiger partial charge < -0.3 is 19.5 Å². The minimum absolute atomic E-state index is 0.0779. The minimum atomic E-state index is -0.296. The lowest BCUT2D eigenvalue weighted by atomic mass is 9.88. The molecule has 1 N–H and O–H groups in total. The molecule has 1 unspecified atom stereocenters. The van der Waals surface area contributed by atoms with E-state index in [1.54, 1.807) is 11.8 Å². The van der Waals surface area contributed by atoms with Crippen LogP contribution >= 0.6 is 0 Å². The van der Waals surface area contributed by atoms with Crippen LogP contribution in [-0.4, -0.2) is 59.6 Å². The summed E-state index contributed by atoms with van der Waals surface area (Å²) in [7, 11) is 0. The number of nitrogens with one attached hydrogen (secondary N) is 1. The number of para-hydroxylation sites is 1. The number of carbonyl (C=O) groups excluding carboxylic acids is 2. The summed E-state index contributed by atoms with van der Waals surface area (Å²) in [6.45, 7) is 4.29. The first kappa shape index (κ1) is 21.0. The van der Waals surface area contributed by atoms with E-state index in [0.717, 1.165) is 11.9 Å². The third-order valence-electron chi connectivity index (χ3n) is 5.97. The molecule has 1 atom stereocenters. The Bertz CT molecular complexity index is 1020. The second-order valence-corrected chi connectivity index (χ2v) is 7.95. The van der Waals surface area contributed by atoms with Crippen LogP contribution in [0.5, 0.6) is 0 Å². The maximum absolute atomic E-state index is 13.2. The lowest BCUT2D eigenvalue weighted by Gasteiger charge is -2.34. The second kappa shape index (κ2) is 9.69. The van der Waals surface area contributed by atoms with Gasteiger partial charge >= 0.3 is 6.09 Å². The van der Waals surface area contributed by atoms with Crippen molar-refractivity contribution in [2.45, 2.75) is 25.7 Å². The quantitative estimate of drug-likeness (QED) is 0.652. The molecule has 2 amide bonds. The van der Waals surface area contributed by atoms with Gasteiger partial charge in [0.1, 0.15) is 0 Å². The SMILES string of the molecule is CCOC(=O)N1CCN(C(=O)CC(Cc2ccccc2)c2c[nH]c3ccccc23)CC1. The number of fused-ring (bicyclic) bond motifs is 1. The molecule has 4 rings (SSSR count). The number of aromatic nitrogens is 1. The van der Waals surface area contributed by atoms with Gasteiger partial charge in [-0.05, 0) is 36.5 Å². The first-order chi connectivity index (χ1) is 15.2. The smallest absolute Gasteiger partial charge is 0.409 e. The van der Waals surface area contributed by atoms with Gasteiger partial charge in [-0.2, -0.15) is 0 Å². The largest absolute Gasteiger partial charge is 0.450 e. The summed E-state index contributed by atoms with van der Waals surface area (Å²) in [6.07, 6.45) is 2.99. The molecule has 0 saturated carbocycles. The van der Waals surface area contributed by atoms with Crippen molar-refractivity contribution in [3.8, 4) is 0 Å². The highest BCUT2D eigenvalue weighted by atomic mass is 16.6. The van der Waals surface area contributed by atoms with Crippen molar-refractivity contribution in [3.63, 3.8) is 0 Å². The van der Waals surface area contributed by atoms with Crippen molar-refractivity contribution in [1.82, 2.24) is 14.8 Å². The van der Waals surface area contributed by atoms with E-state index < -0.39 is 0 Å². The Kier molecular flexibility index (Phi) is 6.55. The minimum Gasteiger partial charge on any atom is -0.450 e. The Hall–Kier alpha value is -3.28. The highest BCUT2D eigenvalue weighted by Crippen LogP contribution is 2.31. The van der Waals surface area contributed by atoms with E-state index in [0.29, 0.717) is 39.2 Å². The molecule has 6 heteroatoms. The average molecular weight is 420 g/mol. The summed E-state index contributed by atoms with van der Waals surface area (Å²) in [5.74, 6) is 0.212. The fourth-order valence-corrected chi connectivity index (χ4v) is 4.32. The zero-order valence-corrected chi connectivity index (χ0v) is 17.9. The number of H-pyrrole nitrogens is 1. The number of nitrogens with zero attached hydrogens (tertiary/aromatic N) is 2. The predicted octanol–water partition coefficient (Wildman–Crippen LogP) is 4.19. The van der Waals surface area contributed by atoms with Gasteiger partial charge in [0.2, 0.25) is 5.91 Å². The summed E-state index contributed by atoms with van der Waals surface area (Å²) in [5, 5.41) is 1.17. The number of carbonyl (C=O) groups is 2. The summed E-state index contributed by atoms with van der Waals surface area (Å²) in [4.78, 5) is 32.1. The Morgan fingerprint density at radius 3 is 2.39 bits per heavy atom. The molecule has 2 heterocycles. The van der Waals surface area contributed by atoms with E-state index in [-0.39, 0.29) is 17.9 Å². The van der Waals surface area contributed by atoms with Crippen molar-refractivity contribution in [3.05, 3.63) is 71.9 Å². The van der Waals surface area contributed by atoms with Crippen LogP contribution in [0.2, 0.25) is 0 Å². The summed E-state index contributed by atoms with van der Waals surface area (Å²) in [6, 6.07) is 18.6. The molecule has 6 nitrogen and oxygen atoms in total.